The fourth-order valence-electron chi connectivity index (χ4n) is 3.86. The zero-order valence-electron chi connectivity index (χ0n) is 15.4. The van der Waals surface area contributed by atoms with Crippen LogP contribution in [0.25, 0.3) is 0 Å². The van der Waals surface area contributed by atoms with Crippen LogP contribution in [0.15, 0.2) is 11.6 Å². The van der Waals surface area contributed by atoms with E-state index in [1.807, 2.05) is 11.0 Å². The number of fused-ring (bicyclic) bond motifs is 1. The molecule has 1 aliphatic heterocycles. The fourth-order valence-corrected chi connectivity index (χ4v) is 4.58. The predicted octanol–water partition coefficient (Wildman–Crippen LogP) is 2.68. The van der Waals surface area contributed by atoms with E-state index >= 15 is 0 Å². The van der Waals surface area contributed by atoms with Gasteiger partial charge in [0.25, 0.3) is 11.8 Å². The summed E-state index contributed by atoms with van der Waals surface area (Å²) in [6, 6.07) is 2.13. The van der Waals surface area contributed by atoms with Crippen molar-refractivity contribution in [3.05, 3.63) is 39.0 Å². The highest BCUT2D eigenvalue weighted by atomic mass is 32.1. The molecular weight excluding hydrogens is 364 g/mol. The highest BCUT2D eigenvalue weighted by Crippen LogP contribution is 2.33. The first-order valence-electron chi connectivity index (χ1n) is 9.14. The van der Waals surface area contributed by atoms with Gasteiger partial charge in [0.2, 0.25) is 5.88 Å². The lowest BCUT2D eigenvalue weighted by Gasteiger charge is -2.22. The van der Waals surface area contributed by atoms with Crippen molar-refractivity contribution >= 4 is 23.2 Å². The van der Waals surface area contributed by atoms with Crippen molar-refractivity contribution in [2.45, 2.75) is 51.7 Å². The van der Waals surface area contributed by atoms with Gasteiger partial charge in [0.15, 0.2) is 0 Å². The van der Waals surface area contributed by atoms with E-state index in [1.54, 1.807) is 19.5 Å². The lowest BCUT2D eigenvalue weighted by molar-refractivity contribution is 0.0706. The monoisotopic (exact) mass is 386 g/mol. The molecule has 7 nitrogen and oxygen atoms in total. The maximum absolute atomic E-state index is 12.9. The highest BCUT2D eigenvalue weighted by molar-refractivity contribution is 7.11. The third-order valence-electron chi connectivity index (χ3n) is 5.30. The van der Waals surface area contributed by atoms with Crippen molar-refractivity contribution in [1.82, 2.24) is 20.2 Å². The molecule has 1 fully saturated rings. The molecule has 1 saturated carbocycles. The molecule has 2 aromatic rings. The van der Waals surface area contributed by atoms with E-state index in [2.05, 4.69) is 15.3 Å². The topological polar surface area (TPSA) is 84.4 Å². The number of hydrogen-bond donors (Lipinski definition) is 1. The van der Waals surface area contributed by atoms with E-state index in [0.29, 0.717) is 40.2 Å². The number of aryl methyl sites for hydroxylation is 1. The third kappa shape index (κ3) is 3.29. The van der Waals surface area contributed by atoms with Crippen molar-refractivity contribution in [3.63, 3.8) is 0 Å². The molecule has 0 aromatic carbocycles. The summed E-state index contributed by atoms with van der Waals surface area (Å²) in [5.41, 5.74) is 4.45. The van der Waals surface area contributed by atoms with Crippen molar-refractivity contribution in [2.75, 3.05) is 7.11 Å². The molecule has 0 unspecified atom stereocenters. The minimum atomic E-state index is -0.184. The molecule has 142 valence electrons. The molecule has 0 saturated heterocycles. The number of rotatable bonds is 5. The zero-order chi connectivity index (χ0) is 19.0. The van der Waals surface area contributed by atoms with Gasteiger partial charge in [0, 0.05) is 18.2 Å². The van der Waals surface area contributed by atoms with Gasteiger partial charge in [-0.25, -0.2) is 9.97 Å². The summed E-state index contributed by atoms with van der Waals surface area (Å²) in [5.74, 6) is 0.311. The summed E-state index contributed by atoms with van der Waals surface area (Å²) in [4.78, 5) is 36.4. The summed E-state index contributed by atoms with van der Waals surface area (Å²) in [6.45, 7) is 2.59. The molecule has 1 aliphatic carbocycles. The number of carbonyl (C=O) groups is 2. The second-order valence-electron chi connectivity index (χ2n) is 6.97. The molecule has 0 atom stereocenters. The molecule has 0 spiro atoms. The van der Waals surface area contributed by atoms with Crippen molar-refractivity contribution in [1.29, 1.82) is 0 Å². The summed E-state index contributed by atoms with van der Waals surface area (Å²) in [5, 5.41) is 2.88. The maximum atomic E-state index is 12.9. The number of methoxy groups -OCH3 is 1. The molecule has 1 N–H and O–H groups in total. The van der Waals surface area contributed by atoms with Crippen LogP contribution in [-0.2, 0) is 13.1 Å². The summed E-state index contributed by atoms with van der Waals surface area (Å²) >= 11 is 1.31. The molecule has 27 heavy (non-hydrogen) atoms. The maximum Gasteiger partial charge on any atom is 0.263 e. The van der Waals surface area contributed by atoms with E-state index < -0.39 is 0 Å². The fraction of sp³-hybridized carbons (Fsp3) is 0.474. The van der Waals surface area contributed by atoms with Crippen LogP contribution in [0.4, 0.5) is 0 Å². The Balaban J connectivity index is 1.54. The van der Waals surface area contributed by atoms with Crippen LogP contribution in [0.2, 0.25) is 0 Å². The second kappa shape index (κ2) is 7.26. The van der Waals surface area contributed by atoms with Crippen LogP contribution >= 0.6 is 11.3 Å². The van der Waals surface area contributed by atoms with Gasteiger partial charge in [0.1, 0.15) is 4.88 Å². The number of aromatic nitrogens is 2. The Bertz CT molecular complexity index is 889. The molecule has 2 aliphatic rings. The van der Waals surface area contributed by atoms with Crippen LogP contribution in [0.3, 0.4) is 0 Å². The molecule has 0 radical (unpaired) electrons. The largest absolute Gasteiger partial charge is 0.481 e. The normalized spacial score (nSPS) is 16.7. The number of amides is 2. The number of hydrogen-bond acceptors (Lipinski definition) is 6. The molecular formula is C19H22N4O3S. The predicted molar refractivity (Wildman–Crippen MR) is 101 cm³/mol. The van der Waals surface area contributed by atoms with Gasteiger partial charge in [0.05, 0.1) is 36.1 Å². The number of nitrogens with zero attached hydrogens (tertiary/aromatic N) is 3. The molecule has 4 rings (SSSR count). The third-order valence-corrected chi connectivity index (χ3v) is 6.23. The Kier molecular flexibility index (Phi) is 4.82. The number of thiazole rings is 1. The van der Waals surface area contributed by atoms with E-state index in [0.717, 1.165) is 18.5 Å². The van der Waals surface area contributed by atoms with Crippen molar-refractivity contribution < 1.29 is 14.3 Å². The van der Waals surface area contributed by atoms with Crippen LogP contribution in [0.5, 0.6) is 5.88 Å². The summed E-state index contributed by atoms with van der Waals surface area (Å²) < 4.78 is 5.41. The zero-order valence-corrected chi connectivity index (χ0v) is 16.3. The van der Waals surface area contributed by atoms with Gasteiger partial charge >= 0.3 is 0 Å². The van der Waals surface area contributed by atoms with Gasteiger partial charge in [-0.05, 0) is 25.8 Å². The first-order chi connectivity index (χ1) is 13.1. The Labute approximate surface area is 161 Å². The Morgan fingerprint density at radius 1 is 1.41 bits per heavy atom. The first kappa shape index (κ1) is 17.9. The highest BCUT2D eigenvalue weighted by Gasteiger charge is 2.35. The molecule has 2 amide bonds. The van der Waals surface area contributed by atoms with E-state index in [1.165, 1.54) is 24.2 Å². The average molecular weight is 386 g/mol. The number of pyridine rings is 1. The van der Waals surface area contributed by atoms with Crippen LogP contribution in [0, 0.1) is 6.92 Å². The quantitative estimate of drug-likeness (QED) is 0.854. The van der Waals surface area contributed by atoms with E-state index in [4.69, 9.17) is 4.74 Å². The average Bonchev–Trinajstić information content (AvgIpc) is 3.40. The lowest BCUT2D eigenvalue weighted by atomic mass is 10.1. The minimum Gasteiger partial charge on any atom is -0.481 e. The van der Waals surface area contributed by atoms with E-state index in [-0.39, 0.29) is 18.4 Å². The van der Waals surface area contributed by atoms with Gasteiger partial charge in [-0.1, -0.05) is 12.8 Å². The van der Waals surface area contributed by atoms with Crippen LogP contribution < -0.4 is 10.1 Å². The molecule has 8 heteroatoms. The molecule has 3 heterocycles. The minimum absolute atomic E-state index is 0.0398. The van der Waals surface area contributed by atoms with Crippen molar-refractivity contribution in [2.24, 2.45) is 0 Å². The summed E-state index contributed by atoms with van der Waals surface area (Å²) in [6.07, 6.45) is 4.48. The number of ether oxygens (including phenoxy) is 1. The number of nitrogens with one attached hydrogen (secondary N) is 1. The van der Waals surface area contributed by atoms with Gasteiger partial charge in [-0.15, -0.1) is 11.3 Å². The molecule has 0 bridgehead atoms. The van der Waals surface area contributed by atoms with Gasteiger partial charge < -0.3 is 15.0 Å². The SMILES string of the molecule is COc1nc2c(cc1CNC(=O)c1scnc1C)C(=O)N(C1CCCC1)C2. The lowest BCUT2D eigenvalue weighted by Crippen LogP contribution is -2.33. The van der Waals surface area contributed by atoms with Crippen molar-refractivity contribution in [3.8, 4) is 5.88 Å². The number of carbonyl (C=O) groups excluding carboxylic acids is 2. The Hall–Kier alpha value is -2.48. The van der Waals surface area contributed by atoms with Gasteiger partial charge in [-0.3, -0.25) is 9.59 Å². The second-order valence-corrected chi connectivity index (χ2v) is 7.83. The summed E-state index contributed by atoms with van der Waals surface area (Å²) in [7, 11) is 1.55. The van der Waals surface area contributed by atoms with Crippen LogP contribution in [0.1, 0.15) is 62.7 Å². The first-order valence-corrected chi connectivity index (χ1v) is 10.0. The smallest absolute Gasteiger partial charge is 0.263 e. The van der Waals surface area contributed by atoms with Crippen LogP contribution in [-0.4, -0.2) is 39.8 Å². The molecule has 2 aromatic heterocycles. The van der Waals surface area contributed by atoms with Gasteiger partial charge in [-0.2, -0.15) is 0 Å². The Morgan fingerprint density at radius 3 is 2.85 bits per heavy atom. The Morgan fingerprint density at radius 2 is 2.19 bits per heavy atom. The van der Waals surface area contributed by atoms with E-state index in [9.17, 15) is 9.59 Å². The standard InChI is InChI=1S/C19H22N4O3S/c1-11-16(27-10-21-11)17(24)20-8-12-7-14-15(22-18(12)26-2)9-23(19(14)25)13-5-3-4-6-13/h7,10,13H,3-6,8-9H2,1-2H3,(H,20,24).